The van der Waals surface area contributed by atoms with Crippen LogP contribution in [0.4, 0.5) is 8.78 Å². The number of ether oxygens (including phenoxy) is 2. The second-order valence-electron chi connectivity index (χ2n) is 3.75. The maximum absolute atomic E-state index is 11.9. The van der Waals surface area contributed by atoms with Crippen molar-refractivity contribution in [1.29, 1.82) is 0 Å². The highest BCUT2D eigenvalue weighted by molar-refractivity contribution is 9.10. The van der Waals surface area contributed by atoms with Crippen molar-refractivity contribution < 1.29 is 18.3 Å². The van der Waals surface area contributed by atoms with Crippen LogP contribution in [0.1, 0.15) is 18.0 Å². The summed E-state index contributed by atoms with van der Waals surface area (Å²) in [5.74, 6) is 0.728. The van der Waals surface area contributed by atoms with E-state index < -0.39 is 13.0 Å². The fourth-order valence-corrected chi connectivity index (χ4v) is 2.13. The van der Waals surface area contributed by atoms with Crippen LogP contribution in [0, 0.1) is 0 Å². The van der Waals surface area contributed by atoms with Crippen LogP contribution in [0.25, 0.3) is 0 Å². The number of alkyl halides is 2. The molecule has 1 unspecified atom stereocenters. The van der Waals surface area contributed by atoms with E-state index in [9.17, 15) is 8.78 Å². The Morgan fingerprint density at radius 3 is 2.67 bits per heavy atom. The summed E-state index contributed by atoms with van der Waals surface area (Å²) < 4.78 is 34.4. The maximum atomic E-state index is 11.9. The molecule has 3 nitrogen and oxygen atoms in total. The molecule has 0 bridgehead atoms. The summed E-state index contributed by atoms with van der Waals surface area (Å²) in [6.45, 7) is -0.333. The van der Waals surface area contributed by atoms with E-state index in [0.29, 0.717) is 6.42 Å². The lowest BCUT2D eigenvalue weighted by atomic mass is 10.1. The molecular weight excluding hydrogens is 308 g/mol. The van der Waals surface area contributed by atoms with Gasteiger partial charge in [0.25, 0.3) is 6.43 Å². The molecule has 1 rings (SSSR count). The Morgan fingerprint density at radius 2 is 2.11 bits per heavy atom. The minimum absolute atomic E-state index is 0.212. The summed E-state index contributed by atoms with van der Waals surface area (Å²) in [6, 6.07) is 5.21. The number of benzene rings is 1. The van der Waals surface area contributed by atoms with Gasteiger partial charge < -0.3 is 15.2 Å². The predicted molar refractivity (Wildman–Crippen MR) is 69.1 cm³/mol. The van der Waals surface area contributed by atoms with Gasteiger partial charge in [-0.3, -0.25) is 0 Å². The van der Waals surface area contributed by atoms with Crippen molar-refractivity contribution in [2.24, 2.45) is 5.73 Å². The molecule has 0 fully saturated rings. The molecule has 0 spiro atoms. The number of halogens is 3. The molecule has 102 valence electrons. The van der Waals surface area contributed by atoms with Crippen LogP contribution in [-0.2, 0) is 4.74 Å². The molecule has 6 heteroatoms. The van der Waals surface area contributed by atoms with E-state index in [2.05, 4.69) is 15.9 Å². The largest absolute Gasteiger partial charge is 0.497 e. The number of nitrogens with two attached hydrogens (primary N) is 1. The van der Waals surface area contributed by atoms with Crippen molar-refractivity contribution in [3.05, 3.63) is 28.2 Å². The number of methoxy groups -OCH3 is 1. The topological polar surface area (TPSA) is 44.5 Å². The Hall–Kier alpha value is -0.720. The van der Waals surface area contributed by atoms with Crippen LogP contribution >= 0.6 is 15.9 Å². The highest BCUT2D eigenvalue weighted by Crippen LogP contribution is 2.28. The first-order valence-electron chi connectivity index (χ1n) is 5.49. The first-order valence-corrected chi connectivity index (χ1v) is 6.28. The fourth-order valence-electron chi connectivity index (χ4n) is 1.47. The Balaban J connectivity index is 2.48. The molecule has 1 atom stereocenters. The van der Waals surface area contributed by atoms with Gasteiger partial charge in [-0.2, -0.15) is 0 Å². The minimum atomic E-state index is -2.44. The van der Waals surface area contributed by atoms with E-state index in [0.717, 1.165) is 15.8 Å². The van der Waals surface area contributed by atoms with Crippen molar-refractivity contribution in [2.45, 2.75) is 18.9 Å². The van der Waals surface area contributed by atoms with E-state index >= 15 is 0 Å². The summed E-state index contributed by atoms with van der Waals surface area (Å²) >= 11 is 3.40. The molecule has 1 aromatic rings. The second-order valence-corrected chi connectivity index (χ2v) is 4.60. The molecule has 0 aliphatic carbocycles. The zero-order valence-electron chi connectivity index (χ0n) is 10.0. The van der Waals surface area contributed by atoms with E-state index in [4.69, 9.17) is 15.2 Å². The summed E-state index contributed by atoms with van der Waals surface area (Å²) in [5.41, 5.74) is 6.87. The lowest BCUT2D eigenvalue weighted by Crippen LogP contribution is -2.15. The van der Waals surface area contributed by atoms with Crippen molar-refractivity contribution in [2.75, 3.05) is 20.3 Å². The SMILES string of the molecule is COc1ccc(C(N)CCOCC(F)F)c(Br)c1. The Labute approximate surface area is 113 Å². The molecule has 0 aliphatic rings. The van der Waals surface area contributed by atoms with Gasteiger partial charge >= 0.3 is 0 Å². The standard InChI is InChI=1S/C12H16BrF2NO2/c1-17-8-2-3-9(10(13)6-8)11(16)4-5-18-7-12(14)15/h2-3,6,11-12H,4-5,7,16H2,1H3. The summed E-state index contributed by atoms with van der Waals surface area (Å²) in [7, 11) is 1.58. The van der Waals surface area contributed by atoms with Gasteiger partial charge in [0.05, 0.1) is 7.11 Å². The fraction of sp³-hybridized carbons (Fsp3) is 0.500. The molecule has 0 amide bonds. The van der Waals surface area contributed by atoms with Gasteiger partial charge in [-0.05, 0) is 24.1 Å². The average molecular weight is 324 g/mol. The number of hydrogen-bond acceptors (Lipinski definition) is 3. The lowest BCUT2D eigenvalue weighted by Gasteiger charge is -2.14. The van der Waals surface area contributed by atoms with Crippen LogP contribution in [0.2, 0.25) is 0 Å². The van der Waals surface area contributed by atoms with Crippen LogP contribution in [0.15, 0.2) is 22.7 Å². The van der Waals surface area contributed by atoms with E-state index in [1.165, 1.54) is 0 Å². The van der Waals surface area contributed by atoms with Gasteiger partial charge in [-0.1, -0.05) is 22.0 Å². The third-order valence-corrected chi connectivity index (χ3v) is 3.11. The highest BCUT2D eigenvalue weighted by atomic mass is 79.9. The van der Waals surface area contributed by atoms with Gasteiger partial charge in [-0.15, -0.1) is 0 Å². The van der Waals surface area contributed by atoms with Crippen LogP contribution in [0.3, 0.4) is 0 Å². The molecule has 0 radical (unpaired) electrons. The third-order valence-electron chi connectivity index (χ3n) is 2.42. The molecule has 0 heterocycles. The smallest absolute Gasteiger partial charge is 0.261 e. The summed E-state index contributed by atoms with van der Waals surface area (Å²) in [4.78, 5) is 0. The lowest BCUT2D eigenvalue weighted by molar-refractivity contribution is 0.0152. The van der Waals surface area contributed by atoms with E-state index in [1.54, 1.807) is 13.2 Å². The summed E-state index contributed by atoms with van der Waals surface area (Å²) in [6.07, 6.45) is -1.95. The van der Waals surface area contributed by atoms with Crippen LogP contribution < -0.4 is 10.5 Å². The molecule has 2 N–H and O–H groups in total. The molecule has 0 aromatic heterocycles. The minimum Gasteiger partial charge on any atom is -0.497 e. The zero-order valence-corrected chi connectivity index (χ0v) is 11.6. The van der Waals surface area contributed by atoms with Crippen molar-refractivity contribution in [1.82, 2.24) is 0 Å². The van der Waals surface area contributed by atoms with Gasteiger partial charge in [-0.25, -0.2) is 8.78 Å². The van der Waals surface area contributed by atoms with Crippen molar-refractivity contribution >= 4 is 15.9 Å². The van der Waals surface area contributed by atoms with E-state index in [-0.39, 0.29) is 12.6 Å². The van der Waals surface area contributed by atoms with Crippen LogP contribution in [-0.4, -0.2) is 26.7 Å². The summed E-state index contributed by atoms with van der Waals surface area (Å²) in [5, 5.41) is 0. The van der Waals surface area contributed by atoms with Crippen molar-refractivity contribution in [3.63, 3.8) is 0 Å². The maximum Gasteiger partial charge on any atom is 0.261 e. The normalized spacial score (nSPS) is 12.8. The molecule has 18 heavy (non-hydrogen) atoms. The molecule has 0 saturated carbocycles. The quantitative estimate of drug-likeness (QED) is 0.784. The van der Waals surface area contributed by atoms with Gasteiger partial charge in [0.2, 0.25) is 0 Å². The van der Waals surface area contributed by atoms with Crippen LogP contribution in [0.5, 0.6) is 5.75 Å². The van der Waals surface area contributed by atoms with Gasteiger partial charge in [0, 0.05) is 17.1 Å². The Kier molecular flexibility index (Phi) is 6.52. The molecule has 0 saturated heterocycles. The van der Waals surface area contributed by atoms with Crippen molar-refractivity contribution in [3.8, 4) is 5.75 Å². The van der Waals surface area contributed by atoms with Gasteiger partial charge in [0.15, 0.2) is 0 Å². The first-order chi connectivity index (χ1) is 8.54. The van der Waals surface area contributed by atoms with E-state index in [1.807, 2.05) is 12.1 Å². The average Bonchev–Trinajstić information content (AvgIpc) is 2.33. The Bertz CT molecular complexity index is 377. The molecular formula is C12H16BrF2NO2. The zero-order chi connectivity index (χ0) is 13.5. The number of hydrogen-bond donors (Lipinski definition) is 1. The third kappa shape index (κ3) is 4.88. The first kappa shape index (κ1) is 15.3. The second kappa shape index (κ2) is 7.66. The number of rotatable bonds is 7. The monoisotopic (exact) mass is 323 g/mol. The molecule has 1 aromatic carbocycles. The predicted octanol–water partition coefficient (Wildman–Crippen LogP) is 3.13. The highest BCUT2D eigenvalue weighted by Gasteiger charge is 2.11. The Morgan fingerprint density at radius 1 is 1.39 bits per heavy atom. The van der Waals surface area contributed by atoms with Gasteiger partial charge in [0.1, 0.15) is 12.4 Å². The molecule has 0 aliphatic heterocycles.